The molecule has 1 heterocycles. The lowest BCUT2D eigenvalue weighted by Crippen LogP contribution is -1.95. The fraction of sp³-hybridized carbons (Fsp3) is 0.0667. The van der Waals surface area contributed by atoms with Gasteiger partial charge in [0.15, 0.2) is 5.82 Å². The maximum absolute atomic E-state index is 13.6. The highest BCUT2D eigenvalue weighted by Gasteiger charge is 2.15. The first-order chi connectivity index (χ1) is 9.99. The van der Waals surface area contributed by atoms with Crippen LogP contribution in [-0.2, 0) is 0 Å². The fourth-order valence-corrected chi connectivity index (χ4v) is 2.83. The van der Waals surface area contributed by atoms with Crippen molar-refractivity contribution in [2.45, 2.75) is 6.92 Å². The number of rotatable bonds is 1. The van der Waals surface area contributed by atoms with Crippen molar-refractivity contribution in [2.24, 2.45) is 0 Å². The Labute approximate surface area is 139 Å². The van der Waals surface area contributed by atoms with Gasteiger partial charge in [0, 0.05) is 15.4 Å². The van der Waals surface area contributed by atoms with Gasteiger partial charge in [-0.15, -0.1) is 0 Å². The zero-order valence-corrected chi connectivity index (χ0v) is 13.9. The van der Waals surface area contributed by atoms with Crippen molar-refractivity contribution < 1.29 is 4.39 Å². The SMILES string of the molecule is Cc1c(Br)ccc2c(Cl)nc(-c3cccc(F)c3Cl)nc12. The van der Waals surface area contributed by atoms with Gasteiger partial charge in [-0.2, -0.15) is 0 Å². The standard InChI is InChI=1S/C15H8BrCl2FN2/c1-7-10(16)6-5-9-13(7)20-15(21-14(9)18)8-3-2-4-11(19)12(8)17/h2-6H,1H3. The Hall–Kier alpha value is -1.23. The van der Waals surface area contributed by atoms with Gasteiger partial charge in [0.25, 0.3) is 0 Å². The molecule has 0 saturated carbocycles. The number of hydrogen-bond donors (Lipinski definition) is 0. The normalized spacial score (nSPS) is 11.1. The van der Waals surface area contributed by atoms with Gasteiger partial charge in [0.05, 0.1) is 10.5 Å². The van der Waals surface area contributed by atoms with Crippen LogP contribution in [0.5, 0.6) is 0 Å². The third-order valence-corrected chi connectivity index (χ3v) is 4.73. The van der Waals surface area contributed by atoms with E-state index in [1.807, 2.05) is 19.1 Å². The highest BCUT2D eigenvalue weighted by molar-refractivity contribution is 9.10. The van der Waals surface area contributed by atoms with E-state index < -0.39 is 5.82 Å². The first kappa shape index (κ1) is 14.7. The molecule has 0 spiro atoms. The Morgan fingerprint density at radius 1 is 1.10 bits per heavy atom. The molecule has 3 rings (SSSR count). The number of hydrogen-bond acceptors (Lipinski definition) is 2. The number of fused-ring (bicyclic) bond motifs is 1. The minimum Gasteiger partial charge on any atom is -0.228 e. The molecule has 3 aromatic rings. The number of aromatic nitrogens is 2. The lowest BCUT2D eigenvalue weighted by molar-refractivity contribution is 0.628. The number of halogens is 4. The number of aryl methyl sites for hydroxylation is 1. The molecule has 0 saturated heterocycles. The molecule has 0 amide bonds. The van der Waals surface area contributed by atoms with Crippen LogP contribution in [0.2, 0.25) is 10.2 Å². The number of benzene rings is 2. The molecule has 21 heavy (non-hydrogen) atoms. The topological polar surface area (TPSA) is 25.8 Å². The minimum absolute atomic E-state index is 0.0134. The second-order valence-corrected chi connectivity index (χ2v) is 6.10. The van der Waals surface area contributed by atoms with Crippen LogP contribution >= 0.6 is 39.1 Å². The molecule has 0 aliphatic heterocycles. The van der Waals surface area contributed by atoms with Crippen molar-refractivity contribution in [1.82, 2.24) is 9.97 Å². The second kappa shape index (κ2) is 5.52. The van der Waals surface area contributed by atoms with Crippen LogP contribution in [-0.4, -0.2) is 9.97 Å². The first-order valence-corrected chi connectivity index (χ1v) is 7.60. The van der Waals surface area contributed by atoms with Crippen LogP contribution in [0.4, 0.5) is 4.39 Å². The van der Waals surface area contributed by atoms with Crippen LogP contribution in [0.3, 0.4) is 0 Å². The van der Waals surface area contributed by atoms with Crippen molar-refractivity contribution in [3.63, 3.8) is 0 Å². The highest BCUT2D eigenvalue weighted by atomic mass is 79.9. The van der Waals surface area contributed by atoms with Crippen LogP contribution in [0.1, 0.15) is 5.56 Å². The average Bonchev–Trinajstić information content (AvgIpc) is 2.46. The quantitative estimate of drug-likeness (QED) is 0.493. The Kier molecular flexibility index (Phi) is 3.86. The maximum atomic E-state index is 13.6. The first-order valence-electron chi connectivity index (χ1n) is 6.06. The van der Waals surface area contributed by atoms with Gasteiger partial charge in [-0.3, -0.25) is 0 Å². The van der Waals surface area contributed by atoms with Gasteiger partial charge in [0.2, 0.25) is 0 Å². The average molecular weight is 386 g/mol. The Morgan fingerprint density at radius 2 is 1.86 bits per heavy atom. The van der Waals surface area contributed by atoms with Crippen molar-refractivity contribution in [3.05, 3.63) is 56.4 Å². The summed E-state index contributed by atoms with van der Waals surface area (Å²) in [6, 6.07) is 8.24. The summed E-state index contributed by atoms with van der Waals surface area (Å²) in [6.07, 6.45) is 0. The third kappa shape index (κ3) is 2.52. The van der Waals surface area contributed by atoms with Crippen molar-refractivity contribution >= 4 is 50.0 Å². The molecule has 0 atom stereocenters. The van der Waals surface area contributed by atoms with Crippen LogP contribution in [0, 0.1) is 12.7 Å². The van der Waals surface area contributed by atoms with Gasteiger partial charge in [0.1, 0.15) is 11.0 Å². The minimum atomic E-state index is -0.514. The number of nitrogens with zero attached hydrogens (tertiary/aromatic N) is 2. The molecule has 0 aliphatic rings. The summed E-state index contributed by atoms with van der Waals surface area (Å²) in [4.78, 5) is 8.72. The lowest BCUT2D eigenvalue weighted by Gasteiger charge is -2.09. The summed E-state index contributed by atoms with van der Waals surface area (Å²) in [5.74, 6) is -0.210. The predicted molar refractivity (Wildman–Crippen MR) is 87.4 cm³/mol. The molecule has 0 fully saturated rings. The van der Waals surface area contributed by atoms with Gasteiger partial charge in [-0.05, 0) is 36.8 Å². The zero-order valence-electron chi connectivity index (χ0n) is 10.8. The molecule has 0 radical (unpaired) electrons. The van der Waals surface area contributed by atoms with E-state index in [1.54, 1.807) is 12.1 Å². The predicted octanol–water partition coefficient (Wildman–Crippen LogP) is 5.81. The molecule has 6 heteroatoms. The molecule has 0 N–H and O–H groups in total. The smallest absolute Gasteiger partial charge is 0.163 e. The van der Waals surface area contributed by atoms with E-state index in [0.717, 1.165) is 15.4 Å². The van der Waals surface area contributed by atoms with Gasteiger partial charge in [-0.25, -0.2) is 14.4 Å². The van der Waals surface area contributed by atoms with E-state index in [-0.39, 0.29) is 5.02 Å². The molecule has 0 aliphatic carbocycles. The van der Waals surface area contributed by atoms with E-state index >= 15 is 0 Å². The Balaban J connectivity index is 2.35. The Bertz CT molecular complexity index is 868. The van der Waals surface area contributed by atoms with Crippen LogP contribution in [0.25, 0.3) is 22.3 Å². The molecule has 2 aromatic carbocycles. The monoisotopic (exact) mass is 384 g/mol. The highest BCUT2D eigenvalue weighted by Crippen LogP contribution is 2.33. The van der Waals surface area contributed by atoms with Crippen molar-refractivity contribution in [3.8, 4) is 11.4 Å². The summed E-state index contributed by atoms with van der Waals surface area (Å²) >= 11 is 15.7. The summed E-state index contributed by atoms with van der Waals surface area (Å²) in [5.41, 5.74) is 2.06. The van der Waals surface area contributed by atoms with Gasteiger partial charge < -0.3 is 0 Å². The molecule has 106 valence electrons. The molecule has 1 aromatic heterocycles. The largest absolute Gasteiger partial charge is 0.228 e. The van der Waals surface area contributed by atoms with E-state index in [0.29, 0.717) is 22.1 Å². The molecule has 0 bridgehead atoms. The van der Waals surface area contributed by atoms with E-state index in [9.17, 15) is 4.39 Å². The van der Waals surface area contributed by atoms with E-state index in [4.69, 9.17) is 23.2 Å². The fourth-order valence-electron chi connectivity index (χ4n) is 2.07. The summed E-state index contributed by atoms with van der Waals surface area (Å²) < 4.78 is 14.5. The third-order valence-electron chi connectivity index (χ3n) is 3.20. The summed E-state index contributed by atoms with van der Waals surface area (Å²) in [6.45, 7) is 1.92. The van der Waals surface area contributed by atoms with E-state index in [1.165, 1.54) is 6.07 Å². The summed E-state index contributed by atoms with van der Waals surface area (Å²) in [5, 5.41) is 1.04. The molecular formula is C15H8BrCl2FN2. The zero-order chi connectivity index (χ0) is 15.1. The molecular weight excluding hydrogens is 378 g/mol. The molecule has 2 nitrogen and oxygen atoms in total. The van der Waals surface area contributed by atoms with Crippen molar-refractivity contribution in [2.75, 3.05) is 0 Å². The molecule has 0 unspecified atom stereocenters. The summed E-state index contributed by atoms with van der Waals surface area (Å²) in [7, 11) is 0. The Morgan fingerprint density at radius 3 is 2.62 bits per heavy atom. The van der Waals surface area contributed by atoms with Gasteiger partial charge >= 0.3 is 0 Å². The van der Waals surface area contributed by atoms with Crippen LogP contribution in [0.15, 0.2) is 34.8 Å². The second-order valence-electron chi connectivity index (χ2n) is 4.51. The maximum Gasteiger partial charge on any atom is 0.163 e. The van der Waals surface area contributed by atoms with Gasteiger partial charge in [-0.1, -0.05) is 45.2 Å². The van der Waals surface area contributed by atoms with Crippen molar-refractivity contribution in [1.29, 1.82) is 0 Å². The lowest BCUT2D eigenvalue weighted by atomic mass is 10.1. The van der Waals surface area contributed by atoms with Crippen LogP contribution < -0.4 is 0 Å². The van der Waals surface area contributed by atoms with E-state index in [2.05, 4.69) is 25.9 Å².